The van der Waals surface area contributed by atoms with Crippen LogP contribution in [-0.4, -0.2) is 41.7 Å². The Morgan fingerprint density at radius 1 is 1.24 bits per heavy atom. The highest BCUT2D eigenvalue weighted by molar-refractivity contribution is 7.89. The van der Waals surface area contributed by atoms with Gasteiger partial charge in [-0.3, -0.25) is 0 Å². The molecule has 2 aromatic rings. The lowest BCUT2D eigenvalue weighted by Crippen LogP contribution is -2.30. The second kappa shape index (κ2) is 7.52. The molecule has 0 spiro atoms. The Kier molecular flexibility index (Phi) is 5.83. The zero-order valence-corrected chi connectivity index (χ0v) is 14.7. The first-order chi connectivity index (χ1) is 11.6. The number of aryl methyl sites for hydroxylation is 1. The summed E-state index contributed by atoms with van der Waals surface area (Å²) in [6.45, 7) is 3.64. The molecule has 25 heavy (non-hydrogen) atoms. The molecule has 2 aromatic heterocycles. The van der Waals surface area contributed by atoms with E-state index in [4.69, 9.17) is 0 Å². The molecule has 0 saturated carbocycles. The molecule has 2 heterocycles. The first-order valence-corrected chi connectivity index (χ1v) is 9.25. The Hall–Kier alpha value is -1.94. The van der Waals surface area contributed by atoms with Crippen molar-refractivity contribution >= 4 is 10.0 Å². The summed E-state index contributed by atoms with van der Waals surface area (Å²) >= 11 is 0. The van der Waals surface area contributed by atoms with Gasteiger partial charge < -0.3 is 0 Å². The Bertz CT molecular complexity index is 817. The van der Waals surface area contributed by atoms with E-state index in [-0.39, 0.29) is 6.54 Å². The maximum absolute atomic E-state index is 12.1. The van der Waals surface area contributed by atoms with Crippen molar-refractivity contribution in [1.82, 2.24) is 19.5 Å². The number of nitrogens with zero attached hydrogens (tertiary/aromatic N) is 3. The number of hydrogen-bond acceptors (Lipinski definition) is 4. The number of halogens is 3. The van der Waals surface area contributed by atoms with Crippen molar-refractivity contribution in [2.75, 3.05) is 12.3 Å². The summed E-state index contributed by atoms with van der Waals surface area (Å²) in [5.41, 5.74) is 2.37. The molecule has 0 saturated heterocycles. The third-order valence-electron chi connectivity index (χ3n) is 3.66. The first kappa shape index (κ1) is 19.4. The average molecular weight is 376 g/mol. The van der Waals surface area contributed by atoms with Crippen LogP contribution in [-0.2, 0) is 16.4 Å². The summed E-state index contributed by atoms with van der Waals surface area (Å²) in [6.07, 6.45) is -3.89. The SMILES string of the molecule is Cc1nn(-c2ccccn2)c(C)c1CCNS(=O)(=O)CCC(F)(F)F. The van der Waals surface area contributed by atoms with E-state index in [0.717, 1.165) is 17.0 Å². The predicted molar refractivity (Wildman–Crippen MR) is 87.0 cm³/mol. The van der Waals surface area contributed by atoms with Gasteiger partial charge in [-0.1, -0.05) is 6.07 Å². The normalized spacial score (nSPS) is 12.5. The Morgan fingerprint density at radius 2 is 1.96 bits per heavy atom. The maximum atomic E-state index is 12.1. The molecule has 0 aliphatic rings. The van der Waals surface area contributed by atoms with E-state index in [1.165, 1.54) is 0 Å². The lowest BCUT2D eigenvalue weighted by Gasteiger charge is -2.09. The Labute approximate surface area is 144 Å². The summed E-state index contributed by atoms with van der Waals surface area (Å²) in [7, 11) is -3.97. The van der Waals surface area contributed by atoms with Crippen molar-refractivity contribution in [3.63, 3.8) is 0 Å². The van der Waals surface area contributed by atoms with E-state index in [1.807, 2.05) is 13.0 Å². The van der Waals surface area contributed by atoms with Gasteiger partial charge in [-0.25, -0.2) is 22.8 Å². The minimum absolute atomic E-state index is 0.00970. The highest BCUT2D eigenvalue weighted by Crippen LogP contribution is 2.20. The number of aromatic nitrogens is 3. The fourth-order valence-corrected chi connectivity index (χ4v) is 3.45. The largest absolute Gasteiger partial charge is 0.390 e. The zero-order chi connectivity index (χ0) is 18.7. The lowest BCUT2D eigenvalue weighted by molar-refractivity contribution is -0.129. The topological polar surface area (TPSA) is 76.9 Å². The van der Waals surface area contributed by atoms with Crippen LogP contribution < -0.4 is 4.72 Å². The van der Waals surface area contributed by atoms with Gasteiger partial charge in [0, 0.05) is 18.4 Å². The molecule has 6 nitrogen and oxygen atoms in total. The van der Waals surface area contributed by atoms with E-state index in [1.54, 1.807) is 29.9 Å². The van der Waals surface area contributed by atoms with E-state index < -0.39 is 28.4 Å². The molecular weight excluding hydrogens is 357 g/mol. The molecule has 0 atom stereocenters. The van der Waals surface area contributed by atoms with Crippen molar-refractivity contribution in [3.05, 3.63) is 41.3 Å². The van der Waals surface area contributed by atoms with Gasteiger partial charge in [0.25, 0.3) is 0 Å². The predicted octanol–water partition coefficient (Wildman–Crippen LogP) is 2.30. The van der Waals surface area contributed by atoms with Crippen LogP contribution in [0.2, 0.25) is 0 Å². The Morgan fingerprint density at radius 3 is 2.56 bits per heavy atom. The molecule has 0 amide bonds. The Balaban J connectivity index is 2.01. The number of sulfonamides is 1. The molecule has 0 bridgehead atoms. The van der Waals surface area contributed by atoms with Crippen LogP contribution in [0.3, 0.4) is 0 Å². The van der Waals surface area contributed by atoms with Gasteiger partial charge in [0.05, 0.1) is 17.9 Å². The lowest BCUT2D eigenvalue weighted by atomic mass is 10.1. The maximum Gasteiger partial charge on any atom is 0.390 e. The van der Waals surface area contributed by atoms with Crippen molar-refractivity contribution in [2.45, 2.75) is 32.9 Å². The molecule has 0 aliphatic heterocycles. The number of hydrogen-bond donors (Lipinski definition) is 1. The van der Waals surface area contributed by atoms with Gasteiger partial charge in [0.2, 0.25) is 10.0 Å². The third kappa shape index (κ3) is 5.53. The molecule has 0 aromatic carbocycles. The van der Waals surface area contributed by atoms with E-state index in [2.05, 4.69) is 14.8 Å². The number of alkyl halides is 3. The van der Waals surface area contributed by atoms with Crippen LogP contribution in [0.15, 0.2) is 24.4 Å². The average Bonchev–Trinajstić information content (AvgIpc) is 2.81. The van der Waals surface area contributed by atoms with Gasteiger partial charge in [-0.15, -0.1) is 0 Å². The molecule has 0 aliphatic carbocycles. The minimum Gasteiger partial charge on any atom is -0.237 e. The van der Waals surface area contributed by atoms with Crippen LogP contribution in [0.1, 0.15) is 23.4 Å². The molecule has 0 radical (unpaired) electrons. The minimum atomic E-state index is -4.49. The molecule has 0 fully saturated rings. The summed E-state index contributed by atoms with van der Waals surface area (Å²) < 4.78 is 63.5. The van der Waals surface area contributed by atoms with Gasteiger partial charge in [-0.05, 0) is 38.0 Å². The van der Waals surface area contributed by atoms with Gasteiger partial charge in [0.1, 0.15) is 0 Å². The van der Waals surface area contributed by atoms with Crippen LogP contribution in [0.4, 0.5) is 13.2 Å². The zero-order valence-electron chi connectivity index (χ0n) is 13.8. The van der Waals surface area contributed by atoms with E-state index in [9.17, 15) is 21.6 Å². The van der Waals surface area contributed by atoms with Crippen molar-refractivity contribution in [2.24, 2.45) is 0 Å². The quantitative estimate of drug-likeness (QED) is 0.804. The van der Waals surface area contributed by atoms with Crippen molar-refractivity contribution in [1.29, 1.82) is 0 Å². The second-order valence-corrected chi connectivity index (χ2v) is 7.50. The molecule has 0 unspecified atom stereocenters. The third-order valence-corrected chi connectivity index (χ3v) is 5.04. The molecular formula is C15H19F3N4O2S. The molecule has 1 N–H and O–H groups in total. The molecule has 10 heteroatoms. The van der Waals surface area contributed by atoms with Crippen LogP contribution in [0, 0.1) is 13.8 Å². The van der Waals surface area contributed by atoms with Crippen LogP contribution in [0.25, 0.3) is 5.82 Å². The summed E-state index contributed by atoms with van der Waals surface area (Å²) in [6, 6.07) is 5.40. The molecule has 2 rings (SSSR count). The van der Waals surface area contributed by atoms with Crippen molar-refractivity contribution in [3.8, 4) is 5.82 Å². The summed E-state index contributed by atoms with van der Waals surface area (Å²) in [5, 5.41) is 4.39. The summed E-state index contributed by atoms with van der Waals surface area (Å²) in [5.74, 6) is -0.332. The number of pyridine rings is 1. The van der Waals surface area contributed by atoms with E-state index in [0.29, 0.717) is 12.2 Å². The van der Waals surface area contributed by atoms with Gasteiger partial charge in [0.15, 0.2) is 5.82 Å². The standard InChI is InChI=1S/C15H19F3N4O2S/c1-11-13(6-9-20-25(23,24)10-7-15(16,17)18)12(2)22(21-11)14-5-3-4-8-19-14/h3-5,8,20H,6-7,9-10H2,1-2H3. The number of nitrogens with one attached hydrogen (secondary N) is 1. The van der Waals surface area contributed by atoms with Crippen LogP contribution in [0.5, 0.6) is 0 Å². The summed E-state index contributed by atoms with van der Waals surface area (Å²) in [4.78, 5) is 4.21. The smallest absolute Gasteiger partial charge is 0.237 e. The molecule has 138 valence electrons. The fourth-order valence-electron chi connectivity index (χ4n) is 2.39. The fraction of sp³-hybridized carbons (Fsp3) is 0.467. The second-order valence-electron chi connectivity index (χ2n) is 5.58. The van der Waals surface area contributed by atoms with Crippen LogP contribution >= 0.6 is 0 Å². The monoisotopic (exact) mass is 376 g/mol. The highest BCUT2D eigenvalue weighted by atomic mass is 32.2. The van der Waals surface area contributed by atoms with Crippen molar-refractivity contribution < 1.29 is 21.6 Å². The van der Waals surface area contributed by atoms with Gasteiger partial charge >= 0.3 is 6.18 Å². The van der Waals surface area contributed by atoms with Gasteiger partial charge in [-0.2, -0.15) is 18.3 Å². The van der Waals surface area contributed by atoms with E-state index >= 15 is 0 Å². The highest BCUT2D eigenvalue weighted by Gasteiger charge is 2.29. The number of rotatable bonds is 7. The first-order valence-electron chi connectivity index (χ1n) is 7.60.